The molecule has 35 heavy (non-hydrogen) atoms. The molecule has 0 unspecified atom stereocenters. The predicted molar refractivity (Wildman–Crippen MR) is 118 cm³/mol. The molecular weight excluding hydrogens is 468 g/mol. The molecule has 2 N–H and O–H groups in total. The van der Waals surface area contributed by atoms with Gasteiger partial charge in [0.1, 0.15) is 11.4 Å². The molecule has 1 aromatic carbocycles. The average Bonchev–Trinajstić information content (AvgIpc) is 3.57. The number of rotatable bonds is 9. The van der Waals surface area contributed by atoms with Crippen LogP contribution in [0.25, 0.3) is 5.65 Å². The Balaban J connectivity index is 1.67. The summed E-state index contributed by atoms with van der Waals surface area (Å²) in [6.45, 7) is 2.99. The largest absolute Gasteiger partial charge is 0.416 e. The maximum atomic E-state index is 14.9. The fourth-order valence-corrected chi connectivity index (χ4v) is 4.11. The molecule has 0 saturated heterocycles. The van der Waals surface area contributed by atoms with Crippen molar-refractivity contribution >= 4 is 11.6 Å². The van der Waals surface area contributed by atoms with E-state index in [0.717, 1.165) is 30.5 Å². The van der Waals surface area contributed by atoms with Crippen LogP contribution in [0, 0.1) is 12.7 Å². The van der Waals surface area contributed by atoms with Gasteiger partial charge in [0.25, 0.3) is 5.91 Å². The van der Waals surface area contributed by atoms with Crippen molar-refractivity contribution in [2.24, 2.45) is 0 Å². The molecule has 7 nitrogen and oxygen atoms in total. The standard InChI is InChI=1S/C24H26F4N4O3/c1-14-20(21-29-12-16(15-3-4-15)13-32(21)31-14)22(34)30-23(2,7-9-35-10-8-33)18-6-5-17(11-19(18)25)24(26,27)28/h5-6,11-13,15,33H,3-4,7-10H2,1-2H3,(H,30,34)/t23-/m1/s1. The van der Waals surface area contributed by atoms with Gasteiger partial charge in [0.05, 0.1) is 30.0 Å². The van der Waals surface area contributed by atoms with Crippen molar-refractivity contribution in [3.05, 3.63) is 64.4 Å². The summed E-state index contributed by atoms with van der Waals surface area (Å²) >= 11 is 0. The highest BCUT2D eigenvalue weighted by Gasteiger charge is 2.36. The topological polar surface area (TPSA) is 88.8 Å². The van der Waals surface area contributed by atoms with E-state index in [0.29, 0.717) is 23.3 Å². The number of ether oxygens (including phenoxy) is 1. The number of aliphatic hydroxyl groups excluding tert-OH is 1. The van der Waals surface area contributed by atoms with Crippen LogP contribution in [-0.2, 0) is 16.5 Å². The molecule has 4 rings (SSSR count). The number of nitrogens with zero attached hydrogens (tertiary/aromatic N) is 3. The maximum Gasteiger partial charge on any atom is 0.416 e. The predicted octanol–water partition coefficient (Wildman–Crippen LogP) is 4.12. The van der Waals surface area contributed by atoms with Crippen molar-refractivity contribution in [1.82, 2.24) is 19.9 Å². The van der Waals surface area contributed by atoms with Gasteiger partial charge < -0.3 is 15.2 Å². The van der Waals surface area contributed by atoms with E-state index >= 15 is 0 Å². The van der Waals surface area contributed by atoms with Crippen LogP contribution < -0.4 is 5.32 Å². The van der Waals surface area contributed by atoms with E-state index in [9.17, 15) is 22.4 Å². The van der Waals surface area contributed by atoms with Gasteiger partial charge in [-0.3, -0.25) is 4.79 Å². The summed E-state index contributed by atoms with van der Waals surface area (Å²) in [5.74, 6) is -1.25. The van der Waals surface area contributed by atoms with Crippen LogP contribution in [0.3, 0.4) is 0 Å². The second-order valence-electron chi connectivity index (χ2n) is 8.95. The Morgan fingerprint density at radius 3 is 2.66 bits per heavy atom. The molecule has 1 amide bonds. The van der Waals surface area contributed by atoms with Gasteiger partial charge in [-0.25, -0.2) is 13.9 Å². The van der Waals surface area contributed by atoms with Crippen molar-refractivity contribution in [2.75, 3.05) is 19.8 Å². The molecule has 1 aliphatic carbocycles. The van der Waals surface area contributed by atoms with Crippen LogP contribution >= 0.6 is 0 Å². The third-order valence-electron chi connectivity index (χ3n) is 6.21. The zero-order chi connectivity index (χ0) is 25.4. The zero-order valence-electron chi connectivity index (χ0n) is 19.3. The van der Waals surface area contributed by atoms with Crippen molar-refractivity contribution in [3.63, 3.8) is 0 Å². The van der Waals surface area contributed by atoms with E-state index in [-0.39, 0.29) is 37.4 Å². The number of alkyl halides is 3. The lowest BCUT2D eigenvalue weighted by atomic mass is 9.87. The lowest BCUT2D eigenvalue weighted by molar-refractivity contribution is -0.137. The molecule has 1 atom stereocenters. The Hall–Kier alpha value is -3.05. The van der Waals surface area contributed by atoms with E-state index in [1.807, 2.05) is 6.20 Å². The molecule has 0 bridgehead atoms. The molecular formula is C24H26F4N4O3. The Morgan fingerprint density at radius 2 is 2.03 bits per heavy atom. The molecule has 188 valence electrons. The summed E-state index contributed by atoms with van der Waals surface area (Å²) < 4.78 is 60.9. The van der Waals surface area contributed by atoms with Gasteiger partial charge >= 0.3 is 6.18 Å². The van der Waals surface area contributed by atoms with Crippen molar-refractivity contribution in [3.8, 4) is 0 Å². The first kappa shape index (κ1) is 25.1. The minimum Gasteiger partial charge on any atom is -0.394 e. The van der Waals surface area contributed by atoms with Crippen LogP contribution in [0.2, 0.25) is 0 Å². The number of carbonyl (C=O) groups is 1. The first-order valence-electron chi connectivity index (χ1n) is 11.3. The number of nitrogens with one attached hydrogen (secondary N) is 1. The van der Waals surface area contributed by atoms with Gasteiger partial charge in [0.2, 0.25) is 0 Å². The van der Waals surface area contributed by atoms with E-state index < -0.39 is 29.0 Å². The Morgan fingerprint density at radius 1 is 1.29 bits per heavy atom. The van der Waals surface area contributed by atoms with Crippen LogP contribution in [0.15, 0.2) is 30.6 Å². The van der Waals surface area contributed by atoms with Crippen LogP contribution in [0.1, 0.15) is 64.8 Å². The van der Waals surface area contributed by atoms with Gasteiger partial charge in [-0.05, 0) is 56.7 Å². The maximum absolute atomic E-state index is 14.9. The third-order valence-corrected chi connectivity index (χ3v) is 6.21. The number of hydrogen-bond acceptors (Lipinski definition) is 5. The highest BCUT2D eigenvalue weighted by Crippen LogP contribution is 2.40. The summed E-state index contributed by atoms with van der Waals surface area (Å²) in [7, 11) is 0. The van der Waals surface area contributed by atoms with E-state index in [1.54, 1.807) is 13.1 Å². The molecule has 2 aromatic heterocycles. The first-order valence-corrected chi connectivity index (χ1v) is 11.3. The Bertz CT molecular complexity index is 1240. The molecule has 2 heterocycles. The van der Waals surface area contributed by atoms with Crippen LogP contribution in [0.4, 0.5) is 17.6 Å². The van der Waals surface area contributed by atoms with Crippen LogP contribution in [-0.4, -0.2) is 45.4 Å². The fourth-order valence-electron chi connectivity index (χ4n) is 4.11. The zero-order valence-corrected chi connectivity index (χ0v) is 19.3. The number of hydrogen-bond donors (Lipinski definition) is 2. The Labute approximate surface area is 199 Å². The van der Waals surface area contributed by atoms with Gasteiger partial charge in [-0.1, -0.05) is 6.07 Å². The monoisotopic (exact) mass is 494 g/mol. The number of halogens is 4. The molecule has 1 aliphatic rings. The summed E-state index contributed by atoms with van der Waals surface area (Å²) in [5, 5.41) is 16.1. The SMILES string of the molecule is Cc1nn2cc(C3CC3)cnc2c1C(=O)N[C@](C)(CCOCCO)c1ccc(C(F)(F)F)cc1F. The van der Waals surface area contributed by atoms with Crippen LogP contribution in [0.5, 0.6) is 0 Å². The lowest BCUT2D eigenvalue weighted by Gasteiger charge is -2.32. The second kappa shape index (κ2) is 9.54. The summed E-state index contributed by atoms with van der Waals surface area (Å²) in [4.78, 5) is 17.8. The van der Waals surface area contributed by atoms with E-state index in [4.69, 9.17) is 9.84 Å². The number of aryl methyl sites for hydroxylation is 1. The van der Waals surface area contributed by atoms with Crippen molar-refractivity contribution < 1.29 is 32.2 Å². The van der Waals surface area contributed by atoms with E-state index in [2.05, 4.69) is 15.4 Å². The number of amides is 1. The van der Waals surface area contributed by atoms with Crippen molar-refractivity contribution in [1.29, 1.82) is 0 Å². The lowest BCUT2D eigenvalue weighted by Crippen LogP contribution is -2.45. The number of aromatic nitrogens is 3. The summed E-state index contributed by atoms with van der Waals surface area (Å²) in [6, 6.07) is 2.21. The minimum absolute atomic E-state index is 0.0224. The Kier molecular flexibility index (Phi) is 6.83. The third kappa shape index (κ3) is 5.30. The van der Waals surface area contributed by atoms with Gasteiger partial charge in [0.15, 0.2) is 5.65 Å². The number of carbonyl (C=O) groups excluding carboxylic acids is 1. The molecule has 1 fully saturated rings. The minimum atomic E-state index is -4.71. The number of benzene rings is 1. The summed E-state index contributed by atoms with van der Waals surface area (Å²) in [5.41, 5.74) is -0.699. The normalized spacial score (nSPS) is 15.9. The average molecular weight is 494 g/mol. The molecule has 11 heteroatoms. The van der Waals surface area contributed by atoms with Gasteiger partial charge in [-0.2, -0.15) is 18.3 Å². The smallest absolute Gasteiger partial charge is 0.394 e. The molecule has 0 aliphatic heterocycles. The van der Waals surface area contributed by atoms with E-state index in [1.165, 1.54) is 11.4 Å². The highest BCUT2D eigenvalue weighted by molar-refractivity contribution is 6.01. The molecule has 3 aromatic rings. The molecule has 0 spiro atoms. The summed E-state index contributed by atoms with van der Waals surface area (Å²) in [6.07, 6.45) is 1.04. The second-order valence-corrected chi connectivity index (χ2v) is 8.95. The quantitative estimate of drug-likeness (QED) is 0.345. The fraction of sp³-hybridized carbons (Fsp3) is 0.458. The van der Waals surface area contributed by atoms with Crippen molar-refractivity contribution in [2.45, 2.75) is 50.7 Å². The number of fused-ring (bicyclic) bond motifs is 1. The van der Waals surface area contributed by atoms with Gasteiger partial charge in [-0.15, -0.1) is 0 Å². The van der Waals surface area contributed by atoms with Gasteiger partial charge in [0, 0.05) is 24.6 Å². The first-order chi connectivity index (χ1) is 16.5. The molecule has 0 radical (unpaired) electrons. The molecule has 1 saturated carbocycles. The highest BCUT2D eigenvalue weighted by atomic mass is 19.4. The number of aliphatic hydroxyl groups is 1.